The van der Waals surface area contributed by atoms with Gasteiger partial charge < -0.3 is 0 Å². The summed E-state index contributed by atoms with van der Waals surface area (Å²) in [6.07, 6.45) is 17.0. The molecule has 3 aliphatic rings. The van der Waals surface area contributed by atoms with Crippen molar-refractivity contribution in [3.8, 4) is 0 Å². The van der Waals surface area contributed by atoms with Crippen LogP contribution < -0.4 is 21.5 Å². The van der Waals surface area contributed by atoms with E-state index in [-0.39, 0.29) is 21.5 Å². The minimum absolute atomic E-state index is 0.251. The Bertz CT molecular complexity index is 274. The number of alkyl halides is 1. The zero-order valence-corrected chi connectivity index (χ0v) is 15.9. The molecule has 1 unspecified atom stereocenters. The average Bonchev–Trinajstić information content (AvgIpc) is 2.56. The molecule has 124 valence electrons. The molecular formula is C18H33INO-. The molecule has 2 saturated carbocycles. The van der Waals surface area contributed by atoms with E-state index in [9.17, 15) is 0 Å². The summed E-state index contributed by atoms with van der Waals surface area (Å²) >= 11 is 0.251. The van der Waals surface area contributed by atoms with Crippen molar-refractivity contribution in [2.45, 2.75) is 82.8 Å². The molecule has 0 aromatic carbocycles. The maximum absolute atomic E-state index is 6.82. The van der Waals surface area contributed by atoms with E-state index in [0.29, 0.717) is 12.2 Å². The van der Waals surface area contributed by atoms with Crippen LogP contribution in [-0.4, -0.2) is 33.3 Å². The molecule has 21 heavy (non-hydrogen) atoms. The Balaban J connectivity index is 1.60. The Morgan fingerprint density at radius 3 is 1.90 bits per heavy atom. The quantitative estimate of drug-likeness (QED) is 0.396. The van der Waals surface area contributed by atoms with Crippen LogP contribution in [-0.2, 0) is 4.74 Å². The van der Waals surface area contributed by atoms with Crippen molar-refractivity contribution in [3.05, 3.63) is 0 Å². The molecule has 0 radical (unpaired) electrons. The van der Waals surface area contributed by atoms with Crippen LogP contribution in [0.1, 0.15) is 70.6 Å². The van der Waals surface area contributed by atoms with Crippen molar-refractivity contribution in [2.24, 2.45) is 11.8 Å². The van der Waals surface area contributed by atoms with Gasteiger partial charge in [-0.1, -0.05) is 0 Å². The van der Waals surface area contributed by atoms with Gasteiger partial charge >= 0.3 is 142 Å². The summed E-state index contributed by atoms with van der Waals surface area (Å²) < 4.78 is 10.8. The van der Waals surface area contributed by atoms with Crippen LogP contribution in [0.4, 0.5) is 0 Å². The van der Waals surface area contributed by atoms with Crippen molar-refractivity contribution >= 4 is 0 Å². The zero-order valence-electron chi connectivity index (χ0n) is 13.7. The molecular weight excluding hydrogens is 373 g/mol. The maximum atomic E-state index is 6.82. The number of halogens is 1. The van der Waals surface area contributed by atoms with E-state index < -0.39 is 0 Å². The molecule has 3 heteroatoms. The fourth-order valence-electron chi connectivity index (χ4n) is 4.51. The molecule has 2 aliphatic carbocycles. The number of hydrogen-bond donors (Lipinski definition) is 0. The topological polar surface area (TPSA) is 12.5 Å². The Labute approximate surface area is 142 Å². The Morgan fingerprint density at radius 1 is 0.857 bits per heavy atom. The van der Waals surface area contributed by atoms with Crippen molar-refractivity contribution in [1.29, 1.82) is 0 Å². The minimum atomic E-state index is 0.251. The summed E-state index contributed by atoms with van der Waals surface area (Å²) in [5.41, 5.74) is 0. The van der Waals surface area contributed by atoms with Crippen LogP contribution >= 0.6 is 0 Å². The monoisotopic (exact) mass is 406 g/mol. The molecule has 3 fully saturated rings. The van der Waals surface area contributed by atoms with E-state index in [0.717, 1.165) is 11.8 Å². The van der Waals surface area contributed by atoms with Crippen LogP contribution in [0.5, 0.6) is 0 Å². The molecule has 1 aliphatic heterocycles. The predicted octanol–water partition coefficient (Wildman–Crippen LogP) is 1.24. The van der Waals surface area contributed by atoms with Gasteiger partial charge in [0.25, 0.3) is 0 Å². The normalized spacial score (nSPS) is 31.2. The van der Waals surface area contributed by atoms with Crippen LogP contribution in [0.25, 0.3) is 0 Å². The van der Waals surface area contributed by atoms with Crippen molar-refractivity contribution in [3.63, 3.8) is 0 Å². The second-order valence-corrected chi connectivity index (χ2v) is 10.6. The summed E-state index contributed by atoms with van der Waals surface area (Å²) in [6.45, 7) is 1.28. The SMILES string of the molecule is CN1CCC(OC(C2CCCCC2)C2CCCCC2)C[I-]1. The molecule has 3 rings (SSSR count). The number of ether oxygens (including phenoxy) is 1. The third kappa shape index (κ3) is 4.81. The van der Waals surface area contributed by atoms with Gasteiger partial charge in [0.2, 0.25) is 0 Å². The Kier molecular flexibility index (Phi) is 6.67. The predicted molar refractivity (Wildman–Crippen MR) is 83.9 cm³/mol. The number of hydrogen-bond acceptors (Lipinski definition) is 2. The molecule has 0 bridgehead atoms. The van der Waals surface area contributed by atoms with Gasteiger partial charge in [-0.3, -0.25) is 0 Å². The second-order valence-electron chi connectivity index (χ2n) is 7.41. The van der Waals surface area contributed by atoms with E-state index in [2.05, 4.69) is 10.2 Å². The van der Waals surface area contributed by atoms with Crippen molar-refractivity contribution < 1.29 is 26.2 Å². The molecule has 0 spiro atoms. The van der Waals surface area contributed by atoms with Crippen LogP contribution in [0.15, 0.2) is 0 Å². The standard InChI is InChI=1S/C18H33INO/c1-20-13-12-17(14-19-20)21-18(15-8-4-2-5-9-15)16-10-6-3-7-11-16/h15-18H,2-14H2,1H3/q-1. The number of nitrogens with zero attached hydrogens (tertiary/aromatic N) is 1. The molecule has 2 nitrogen and oxygen atoms in total. The van der Waals surface area contributed by atoms with Crippen LogP contribution in [0, 0.1) is 11.8 Å². The molecule has 1 saturated heterocycles. The van der Waals surface area contributed by atoms with Gasteiger partial charge in [0.1, 0.15) is 0 Å². The first kappa shape index (κ1) is 16.5. The molecule has 1 atom stereocenters. The van der Waals surface area contributed by atoms with Crippen molar-refractivity contribution in [1.82, 2.24) is 3.11 Å². The summed E-state index contributed by atoms with van der Waals surface area (Å²) in [7, 11) is 2.29. The van der Waals surface area contributed by atoms with Crippen LogP contribution in [0.3, 0.4) is 0 Å². The van der Waals surface area contributed by atoms with Gasteiger partial charge in [-0.15, -0.1) is 0 Å². The van der Waals surface area contributed by atoms with E-state index >= 15 is 0 Å². The Hall–Kier alpha value is 0.650. The van der Waals surface area contributed by atoms with Gasteiger partial charge in [0.05, 0.1) is 0 Å². The average molecular weight is 406 g/mol. The van der Waals surface area contributed by atoms with Gasteiger partial charge in [-0.2, -0.15) is 0 Å². The summed E-state index contributed by atoms with van der Waals surface area (Å²) in [5.74, 6) is 1.78. The fourth-order valence-corrected chi connectivity index (χ4v) is 6.89. The molecule has 0 N–H and O–H groups in total. The number of rotatable bonds is 4. The molecule has 0 aromatic heterocycles. The first-order valence-electron chi connectivity index (χ1n) is 9.29. The zero-order chi connectivity index (χ0) is 14.5. The molecule has 1 heterocycles. The van der Waals surface area contributed by atoms with E-state index in [4.69, 9.17) is 4.74 Å². The van der Waals surface area contributed by atoms with Gasteiger partial charge in [-0.25, -0.2) is 0 Å². The van der Waals surface area contributed by atoms with Gasteiger partial charge in [-0.05, 0) is 0 Å². The van der Waals surface area contributed by atoms with E-state index in [1.165, 1.54) is 81.6 Å². The van der Waals surface area contributed by atoms with E-state index in [1.54, 1.807) is 0 Å². The van der Waals surface area contributed by atoms with E-state index in [1.807, 2.05) is 0 Å². The summed E-state index contributed by atoms with van der Waals surface area (Å²) in [4.78, 5) is 0. The fraction of sp³-hybridized carbons (Fsp3) is 1.00. The molecule has 0 amide bonds. The Morgan fingerprint density at radius 2 is 1.43 bits per heavy atom. The third-order valence-corrected chi connectivity index (χ3v) is 8.81. The van der Waals surface area contributed by atoms with Gasteiger partial charge in [0, 0.05) is 0 Å². The summed E-state index contributed by atoms with van der Waals surface area (Å²) in [6, 6.07) is 0. The summed E-state index contributed by atoms with van der Waals surface area (Å²) in [5, 5.41) is 0. The van der Waals surface area contributed by atoms with Gasteiger partial charge in [0.15, 0.2) is 0 Å². The van der Waals surface area contributed by atoms with Crippen molar-refractivity contribution in [2.75, 3.05) is 18.0 Å². The first-order chi connectivity index (χ1) is 10.3. The van der Waals surface area contributed by atoms with Crippen LogP contribution in [0.2, 0.25) is 0 Å². The molecule has 0 aromatic rings. The first-order valence-corrected chi connectivity index (χ1v) is 11.8. The third-order valence-electron chi connectivity index (χ3n) is 5.78. The second kappa shape index (κ2) is 8.49.